The van der Waals surface area contributed by atoms with Crippen LogP contribution in [0.3, 0.4) is 0 Å². The van der Waals surface area contributed by atoms with E-state index in [2.05, 4.69) is 33.7 Å². The highest BCUT2D eigenvalue weighted by Gasteiger charge is 2.32. The van der Waals surface area contributed by atoms with Crippen molar-refractivity contribution in [2.24, 2.45) is 0 Å². The lowest BCUT2D eigenvalue weighted by Crippen LogP contribution is -2.30. The molecule has 0 bridgehead atoms. The number of benzene rings is 3. The van der Waals surface area contributed by atoms with Crippen molar-refractivity contribution < 1.29 is 28.5 Å². The summed E-state index contributed by atoms with van der Waals surface area (Å²) in [6.45, 7) is 2.84. The van der Waals surface area contributed by atoms with Gasteiger partial charge in [0.2, 0.25) is 23.0 Å². The quantitative estimate of drug-likeness (QED) is 0.139. The molecule has 1 fully saturated rings. The van der Waals surface area contributed by atoms with E-state index in [-0.39, 0.29) is 29.3 Å². The van der Waals surface area contributed by atoms with E-state index in [4.69, 9.17) is 18.9 Å². The maximum atomic E-state index is 13.6. The summed E-state index contributed by atoms with van der Waals surface area (Å²) in [6, 6.07) is 19.3. The normalized spacial score (nSPS) is 16.4. The number of methoxy groups -OCH3 is 4. The first kappa shape index (κ1) is 36.5. The molecule has 6 rings (SSSR count). The fourth-order valence-corrected chi connectivity index (χ4v) is 7.95. The third-order valence-electron chi connectivity index (χ3n) is 10.4. The van der Waals surface area contributed by atoms with Gasteiger partial charge in [-0.3, -0.25) is 14.4 Å². The Balaban J connectivity index is 1.13. The predicted molar refractivity (Wildman–Crippen MR) is 204 cm³/mol. The van der Waals surface area contributed by atoms with Gasteiger partial charge >= 0.3 is 0 Å². The minimum absolute atomic E-state index is 0.0645. The number of hydrogen-bond acceptors (Lipinski definition) is 8. The Labute approximate surface area is 305 Å². The number of aryl methyl sites for hydroxylation is 1. The summed E-state index contributed by atoms with van der Waals surface area (Å²) in [5.74, 6) is 2.39. The molecular weight excluding hydrogens is 658 g/mol. The summed E-state index contributed by atoms with van der Waals surface area (Å²) >= 11 is 0. The zero-order valence-electron chi connectivity index (χ0n) is 30.8. The first-order valence-electron chi connectivity index (χ1n) is 18.2. The van der Waals surface area contributed by atoms with Gasteiger partial charge in [0.05, 0.1) is 46.2 Å². The summed E-state index contributed by atoms with van der Waals surface area (Å²) in [5.41, 5.74) is 4.78. The summed E-state index contributed by atoms with van der Waals surface area (Å²) in [7, 11) is 6.42. The minimum atomic E-state index is -0.370. The second kappa shape index (κ2) is 16.4. The van der Waals surface area contributed by atoms with Gasteiger partial charge in [-0.05, 0) is 90.4 Å². The van der Waals surface area contributed by atoms with E-state index < -0.39 is 0 Å². The van der Waals surface area contributed by atoms with Crippen LogP contribution in [0.15, 0.2) is 65.5 Å². The second-order valence-electron chi connectivity index (χ2n) is 13.5. The van der Waals surface area contributed by atoms with Crippen molar-refractivity contribution in [2.75, 3.05) is 46.8 Å². The zero-order chi connectivity index (χ0) is 36.8. The molecule has 2 aliphatic rings. The molecular formula is C42H49N3O7. The van der Waals surface area contributed by atoms with Crippen LogP contribution >= 0.6 is 0 Å². The van der Waals surface area contributed by atoms with E-state index in [1.165, 1.54) is 12.5 Å². The summed E-state index contributed by atoms with van der Waals surface area (Å²) in [4.78, 5) is 41.4. The van der Waals surface area contributed by atoms with E-state index in [0.29, 0.717) is 48.7 Å². The maximum Gasteiger partial charge on any atom is 0.223 e. The predicted octanol–water partition coefficient (Wildman–Crippen LogP) is 7.36. The van der Waals surface area contributed by atoms with Crippen LogP contribution in [0.1, 0.15) is 80.6 Å². The van der Waals surface area contributed by atoms with Gasteiger partial charge in [-0.2, -0.15) is 0 Å². The average Bonchev–Trinajstić information content (AvgIpc) is 3.53. The van der Waals surface area contributed by atoms with Crippen molar-refractivity contribution in [3.63, 3.8) is 0 Å². The molecule has 2 N–H and O–H groups in total. The number of unbranched alkanes of at least 4 members (excludes halogenated alkanes) is 2. The van der Waals surface area contributed by atoms with Crippen molar-refractivity contribution in [3.05, 3.63) is 87.6 Å². The molecule has 1 aliphatic heterocycles. The fourth-order valence-electron chi connectivity index (χ4n) is 7.95. The first-order chi connectivity index (χ1) is 25.3. The molecule has 2 amide bonds. The number of hydrogen-bond donors (Lipinski definition) is 2. The number of anilines is 1. The lowest BCUT2D eigenvalue weighted by Gasteiger charge is -2.26. The largest absolute Gasteiger partial charge is 0.496 e. The fraction of sp³-hybridized carbons (Fsp3) is 0.405. The number of carbonyl (C=O) groups is 2. The number of nitrogens with zero attached hydrogens (tertiary/aromatic N) is 1. The van der Waals surface area contributed by atoms with E-state index in [9.17, 15) is 14.4 Å². The minimum Gasteiger partial charge on any atom is -0.496 e. The highest BCUT2D eigenvalue weighted by Crippen LogP contribution is 2.50. The molecule has 0 saturated carbocycles. The van der Waals surface area contributed by atoms with E-state index in [1.807, 2.05) is 30.3 Å². The standard InChI is InChI=1S/C42H49N3O7/c1-26(46)44-33-19-16-27-24-38(50-3)41(51-4)42(52-5)40(27)31-17-20-34(36(47)25-32(31)33)43-22-10-6-7-15-39(48)45-23-11-14-35(45)29-18-21-37(49-2)30-13-9-8-12-28(29)30/h8-9,12-13,17-18,20-21,24-25,33,35H,6-7,10-11,14-16,19,22-23H2,1-5H3,(H,43,47)(H,44,46)/t33-,35?/m0/s1. The number of rotatable bonds is 13. The van der Waals surface area contributed by atoms with Gasteiger partial charge in [0.15, 0.2) is 11.5 Å². The van der Waals surface area contributed by atoms with Crippen LogP contribution < -0.4 is 35.0 Å². The van der Waals surface area contributed by atoms with Gasteiger partial charge in [0.25, 0.3) is 0 Å². The van der Waals surface area contributed by atoms with Crippen LogP contribution in [0.5, 0.6) is 23.0 Å². The number of likely N-dealkylation sites (tertiary alicyclic amines) is 1. The molecule has 1 heterocycles. The number of carbonyl (C=O) groups excluding carboxylic acids is 2. The van der Waals surface area contributed by atoms with E-state index in [0.717, 1.165) is 77.4 Å². The van der Waals surface area contributed by atoms with Crippen LogP contribution in [0.4, 0.5) is 5.69 Å². The lowest BCUT2D eigenvalue weighted by atomic mass is 9.95. The van der Waals surface area contributed by atoms with Crippen LogP contribution in [0.2, 0.25) is 0 Å². The van der Waals surface area contributed by atoms with Gasteiger partial charge in [-0.15, -0.1) is 0 Å². The third-order valence-corrected chi connectivity index (χ3v) is 10.4. The number of amides is 2. The van der Waals surface area contributed by atoms with E-state index >= 15 is 0 Å². The molecule has 0 spiro atoms. The Kier molecular flexibility index (Phi) is 11.5. The van der Waals surface area contributed by atoms with Crippen LogP contribution in [-0.2, 0) is 16.0 Å². The Bertz CT molecular complexity index is 2010. The maximum absolute atomic E-state index is 13.6. The number of nitrogens with one attached hydrogen (secondary N) is 2. The first-order valence-corrected chi connectivity index (χ1v) is 18.2. The van der Waals surface area contributed by atoms with Crippen LogP contribution in [-0.4, -0.2) is 58.2 Å². The van der Waals surface area contributed by atoms with E-state index in [1.54, 1.807) is 40.6 Å². The summed E-state index contributed by atoms with van der Waals surface area (Å²) in [6.07, 6.45) is 6.09. The number of fused-ring (bicyclic) bond motifs is 4. The topological polar surface area (TPSA) is 115 Å². The lowest BCUT2D eigenvalue weighted by molar-refractivity contribution is -0.132. The summed E-state index contributed by atoms with van der Waals surface area (Å²) in [5, 5.41) is 8.59. The molecule has 10 heteroatoms. The second-order valence-corrected chi connectivity index (χ2v) is 13.5. The molecule has 0 radical (unpaired) electrons. The molecule has 274 valence electrons. The molecule has 1 unspecified atom stereocenters. The highest BCUT2D eigenvalue weighted by atomic mass is 16.5. The van der Waals surface area contributed by atoms with Crippen molar-refractivity contribution in [3.8, 4) is 34.1 Å². The van der Waals surface area contributed by atoms with Crippen molar-refractivity contribution >= 4 is 28.3 Å². The van der Waals surface area contributed by atoms with Crippen LogP contribution in [0.25, 0.3) is 21.9 Å². The van der Waals surface area contributed by atoms with Gasteiger partial charge in [-0.25, -0.2) is 0 Å². The zero-order valence-corrected chi connectivity index (χ0v) is 30.8. The van der Waals surface area contributed by atoms with Crippen LogP contribution in [0, 0.1) is 0 Å². The van der Waals surface area contributed by atoms with Crippen molar-refractivity contribution in [2.45, 2.75) is 70.4 Å². The van der Waals surface area contributed by atoms with Gasteiger partial charge < -0.3 is 34.5 Å². The monoisotopic (exact) mass is 707 g/mol. The van der Waals surface area contributed by atoms with Crippen molar-refractivity contribution in [1.29, 1.82) is 0 Å². The molecule has 52 heavy (non-hydrogen) atoms. The highest BCUT2D eigenvalue weighted by molar-refractivity contribution is 5.92. The molecule has 2 atom stereocenters. The Morgan fingerprint density at radius 3 is 2.31 bits per heavy atom. The SMILES string of the molecule is COc1cc2c(c(OC)c1OC)-c1ccc(NCCCCCC(=O)N3CCCC3c3ccc(OC)c4ccccc34)c(=O)cc1[C@@H](NC(C)=O)CC2. The van der Waals surface area contributed by atoms with Gasteiger partial charge in [-0.1, -0.05) is 42.8 Å². The van der Waals surface area contributed by atoms with Gasteiger partial charge in [0, 0.05) is 37.4 Å². The molecule has 4 aromatic rings. The Morgan fingerprint density at radius 1 is 0.808 bits per heavy atom. The van der Waals surface area contributed by atoms with Crippen molar-refractivity contribution in [1.82, 2.24) is 10.2 Å². The average molecular weight is 708 g/mol. The number of ether oxygens (including phenoxy) is 4. The third kappa shape index (κ3) is 7.38. The smallest absolute Gasteiger partial charge is 0.223 e. The molecule has 10 nitrogen and oxygen atoms in total. The molecule has 4 aromatic carbocycles. The molecule has 1 saturated heterocycles. The molecule has 1 aliphatic carbocycles. The summed E-state index contributed by atoms with van der Waals surface area (Å²) < 4.78 is 22.8. The van der Waals surface area contributed by atoms with Gasteiger partial charge in [0.1, 0.15) is 5.75 Å². The Hall–Kier alpha value is -5.25. The Morgan fingerprint density at radius 2 is 1.58 bits per heavy atom. The molecule has 0 aromatic heterocycles.